The molecule has 0 aromatic rings. The van der Waals surface area contributed by atoms with Crippen LogP contribution in [0.5, 0.6) is 0 Å². The van der Waals surface area contributed by atoms with Crippen molar-refractivity contribution in [2.45, 2.75) is 26.4 Å². The predicted octanol–water partition coefficient (Wildman–Crippen LogP) is 1.27. The van der Waals surface area contributed by atoms with Gasteiger partial charge in [0.15, 0.2) is 0 Å². The minimum atomic E-state index is -0.467. The molecule has 2 rings (SSSR count). The minimum absolute atomic E-state index is 0.00122. The molecule has 1 saturated carbocycles. The summed E-state index contributed by atoms with van der Waals surface area (Å²) in [4.78, 5) is 24.8. The third kappa shape index (κ3) is 2.37. The van der Waals surface area contributed by atoms with Crippen LogP contribution in [0.1, 0.15) is 20.8 Å². The fraction of sp³-hybridized carbons (Fsp3) is 0.833. The van der Waals surface area contributed by atoms with Crippen molar-refractivity contribution >= 4 is 12.1 Å². The number of amides is 1. The smallest absolute Gasteiger partial charge is 0.410 e. The zero-order chi connectivity index (χ0) is 12.8. The second-order valence-corrected chi connectivity index (χ2v) is 5.76. The largest absolute Gasteiger partial charge is 0.469 e. The molecule has 1 heterocycles. The Kier molecular flexibility index (Phi) is 2.79. The van der Waals surface area contributed by atoms with Gasteiger partial charge in [-0.15, -0.1) is 0 Å². The second kappa shape index (κ2) is 3.89. The Morgan fingerprint density at radius 3 is 2.12 bits per heavy atom. The molecule has 0 radical (unpaired) electrons. The van der Waals surface area contributed by atoms with Crippen LogP contribution in [0.25, 0.3) is 0 Å². The SMILES string of the molecule is COC(=O)C1[C@H]2CN(C(=O)OC(C)(C)C)C[C@@H]12. The molecule has 5 heteroatoms. The highest BCUT2D eigenvalue weighted by Crippen LogP contribution is 2.52. The van der Waals surface area contributed by atoms with Gasteiger partial charge in [0.25, 0.3) is 0 Å². The van der Waals surface area contributed by atoms with E-state index in [1.165, 1.54) is 7.11 Å². The zero-order valence-electron chi connectivity index (χ0n) is 10.7. The Morgan fingerprint density at radius 1 is 1.18 bits per heavy atom. The van der Waals surface area contributed by atoms with E-state index in [-0.39, 0.29) is 29.8 Å². The number of methoxy groups -OCH3 is 1. The number of carbonyl (C=O) groups is 2. The summed E-state index contributed by atoms with van der Waals surface area (Å²) in [5.41, 5.74) is -0.467. The van der Waals surface area contributed by atoms with Crippen molar-refractivity contribution in [3.63, 3.8) is 0 Å². The number of likely N-dealkylation sites (tertiary alicyclic amines) is 1. The number of carbonyl (C=O) groups excluding carboxylic acids is 2. The van der Waals surface area contributed by atoms with Crippen LogP contribution in [0, 0.1) is 17.8 Å². The number of fused-ring (bicyclic) bond motifs is 1. The van der Waals surface area contributed by atoms with E-state index in [0.717, 1.165) is 0 Å². The Bertz CT molecular complexity index is 335. The van der Waals surface area contributed by atoms with Crippen molar-refractivity contribution in [3.8, 4) is 0 Å². The lowest BCUT2D eigenvalue weighted by Gasteiger charge is -2.25. The predicted molar refractivity (Wildman–Crippen MR) is 60.3 cm³/mol. The Hall–Kier alpha value is -1.26. The van der Waals surface area contributed by atoms with Gasteiger partial charge in [-0.3, -0.25) is 4.79 Å². The molecule has 0 aromatic heterocycles. The molecule has 96 valence electrons. The van der Waals surface area contributed by atoms with Crippen LogP contribution in [0.2, 0.25) is 0 Å². The number of rotatable bonds is 1. The lowest BCUT2D eigenvalue weighted by Crippen LogP contribution is -2.37. The summed E-state index contributed by atoms with van der Waals surface area (Å²) < 4.78 is 10.00. The number of piperidine rings is 1. The van der Waals surface area contributed by atoms with Gasteiger partial charge in [-0.05, 0) is 32.6 Å². The fourth-order valence-electron chi connectivity index (χ4n) is 2.49. The third-order valence-corrected chi connectivity index (χ3v) is 3.32. The molecule has 1 amide bonds. The van der Waals surface area contributed by atoms with Crippen LogP contribution >= 0.6 is 0 Å². The fourth-order valence-corrected chi connectivity index (χ4v) is 2.49. The minimum Gasteiger partial charge on any atom is -0.469 e. The molecule has 3 atom stereocenters. The highest BCUT2D eigenvalue weighted by Gasteiger charge is 2.61. The van der Waals surface area contributed by atoms with Gasteiger partial charge in [0, 0.05) is 13.1 Å². The van der Waals surface area contributed by atoms with Gasteiger partial charge in [0.05, 0.1) is 13.0 Å². The number of nitrogens with zero attached hydrogens (tertiary/aromatic N) is 1. The van der Waals surface area contributed by atoms with Gasteiger partial charge in [-0.2, -0.15) is 0 Å². The Morgan fingerprint density at radius 2 is 1.71 bits per heavy atom. The lowest BCUT2D eigenvalue weighted by atomic mass is 10.2. The second-order valence-electron chi connectivity index (χ2n) is 5.76. The molecule has 0 bridgehead atoms. The molecule has 17 heavy (non-hydrogen) atoms. The van der Waals surface area contributed by atoms with Gasteiger partial charge < -0.3 is 14.4 Å². The van der Waals surface area contributed by atoms with Gasteiger partial charge in [-0.25, -0.2) is 4.79 Å². The van der Waals surface area contributed by atoms with Crippen molar-refractivity contribution < 1.29 is 19.1 Å². The third-order valence-electron chi connectivity index (χ3n) is 3.32. The van der Waals surface area contributed by atoms with E-state index < -0.39 is 5.60 Å². The van der Waals surface area contributed by atoms with Crippen LogP contribution in [0.3, 0.4) is 0 Å². The molecule has 0 N–H and O–H groups in total. The highest BCUT2D eigenvalue weighted by molar-refractivity contribution is 5.78. The maximum Gasteiger partial charge on any atom is 0.410 e. The first-order chi connectivity index (χ1) is 7.83. The molecule has 1 aliphatic carbocycles. The molecule has 2 aliphatic rings. The monoisotopic (exact) mass is 241 g/mol. The first kappa shape index (κ1) is 12.2. The molecule has 1 saturated heterocycles. The van der Waals surface area contributed by atoms with E-state index in [0.29, 0.717) is 13.1 Å². The van der Waals surface area contributed by atoms with Gasteiger partial charge in [0.1, 0.15) is 5.60 Å². The van der Waals surface area contributed by atoms with E-state index in [9.17, 15) is 9.59 Å². The zero-order valence-corrected chi connectivity index (χ0v) is 10.7. The average molecular weight is 241 g/mol. The number of hydrogen-bond donors (Lipinski definition) is 0. The summed E-state index contributed by atoms with van der Waals surface area (Å²) in [6, 6.07) is 0. The van der Waals surface area contributed by atoms with E-state index in [2.05, 4.69) is 0 Å². The van der Waals surface area contributed by atoms with Crippen molar-refractivity contribution in [3.05, 3.63) is 0 Å². The van der Waals surface area contributed by atoms with Crippen LogP contribution in [0.15, 0.2) is 0 Å². The van der Waals surface area contributed by atoms with Gasteiger partial charge in [0.2, 0.25) is 0 Å². The van der Waals surface area contributed by atoms with Crippen LogP contribution in [-0.4, -0.2) is 42.8 Å². The normalized spacial score (nSPS) is 30.8. The van der Waals surface area contributed by atoms with Crippen molar-refractivity contribution in [1.29, 1.82) is 0 Å². The number of esters is 1. The topological polar surface area (TPSA) is 55.8 Å². The Balaban J connectivity index is 1.83. The van der Waals surface area contributed by atoms with Crippen molar-refractivity contribution in [1.82, 2.24) is 4.90 Å². The van der Waals surface area contributed by atoms with E-state index in [4.69, 9.17) is 9.47 Å². The number of ether oxygens (including phenoxy) is 2. The van der Waals surface area contributed by atoms with E-state index in [1.54, 1.807) is 4.90 Å². The molecule has 0 spiro atoms. The van der Waals surface area contributed by atoms with Gasteiger partial charge >= 0.3 is 12.1 Å². The summed E-state index contributed by atoms with van der Waals surface area (Å²) in [6.07, 6.45) is -0.284. The van der Waals surface area contributed by atoms with Gasteiger partial charge in [-0.1, -0.05) is 0 Å². The highest BCUT2D eigenvalue weighted by atomic mass is 16.6. The average Bonchev–Trinajstić information content (AvgIpc) is 2.69. The summed E-state index contributed by atoms with van der Waals surface area (Å²) in [5.74, 6) is 0.396. The van der Waals surface area contributed by atoms with Crippen molar-refractivity contribution in [2.75, 3.05) is 20.2 Å². The first-order valence-electron chi connectivity index (χ1n) is 5.89. The summed E-state index contributed by atoms with van der Waals surface area (Å²) in [7, 11) is 1.40. The summed E-state index contributed by atoms with van der Waals surface area (Å²) in [5, 5.41) is 0. The Labute approximate surface area is 101 Å². The number of hydrogen-bond acceptors (Lipinski definition) is 4. The van der Waals surface area contributed by atoms with Crippen LogP contribution in [-0.2, 0) is 14.3 Å². The molecule has 0 aromatic carbocycles. The molecular formula is C12H19NO4. The summed E-state index contributed by atoms with van der Waals surface area (Å²) >= 11 is 0. The maximum absolute atomic E-state index is 11.8. The molecule has 5 nitrogen and oxygen atoms in total. The van der Waals surface area contributed by atoms with Crippen molar-refractivity contribution in [2.24, 2.45) is 17.8 Å². The van der Waals surface area contributed by atoms with Crippen LogP contribution in [0.4, 0.5) is 4.79 Å². The lowest BCUT2D eigenvalue weighted by molar-refractivity contribution is -0.143. The van der Waals surface area contributed by atoms with E-state index >= 15 is 0 Å². The quantitative estimate of drug-likeness (QED) is 0.649. The van der Waals surface area contributed by atoms with Crippen LogP contribution < -0.4 is 0 Å². The maximum atomic E-state index is 11.8. The molecule has 2 fully saturated rings. The van der Waals surface area contributed by atoms with E-state index in [1.807, 2.05) is 20.8 Å². The molecule has 1 aliphatic heterocycles. The molecular weight excluding hydrogens is 222 g/mol. The first-order valence-corrected chi connectivity index (χ1v) is 5.89. The standard InChI is InChI=1S/C12H19NO4/c1-12(2,3)17-11(15)13-5-7-8(6-13)9(7)10(14)16-4/h7-9H,5-6H2,1-4H3/t7-,8+,9?. The molecule has 1 unspecified atom stereocenters. The summed E-state index contributed by atoms with van der Waals surface area (Å²) in [6.45, 7) is 6.76.